The van der Waals surface area contributed by atoms with Crippen molar-refractivity contribution in [2.45, 2.75) is 32.1 Å². The van der Waals surface area contributed by atoms with Gasteiger partial charge in [-0.3, -0.25) is 4.79 Å². The summed E-state index contributed by atoms with van der Waals surface area (Å²) in [5, 5.41) is 10.4. The quantitative estimate of drug-likeness (QED) is 0.683. The Morgan fingerprint density at radius 3 is 2.52 bits per heavy atom. The van der Waals surface area contributed by atoms with E-state index in [-0.39, 0.29) is 11.8 Å². The molecule has 1 aliphatic rings. The molecule has 0 bridgehead atoms. The molecule has 1 aliphatic heterocycles. The van der Waals surface area contributed by atoms with Crippen molar-refractivity contribution in [2.24, 2.45) is 5.92 Å². The Hall–Kier alpha value is -3.08. The highest BCUT2D eigenvalue weighted by molar-refractivity contribution is 5.89. The van der Waals surface area contributed by atoms with E-state index in [1.807, 2.05) is 54.3 Å². The van der Waals surface area contributed by atoms with Gasteiger partial charge in [-0.05, 0) is 55.9 Å². The molecule has 2 heterocycles. The number of piperidine rings is 1. The maximum absolute atomic E-state index is 13.0. The third-order valence-corrected chi connectivity index (χ3v) is 5.92. The molecule has 150 valence electrons. The van der Waals surface area contributed by atoms with E-state index in [9.17, 15) is 14.7 Å². The van der Waals surface area contributed by atoms with Gasteiger partial charge in [0, 0.05) is 18.5 Å². The van der Waals surface area contributed by atoms with Gasteiger partial charge in [0.05, 0.1) is 11.5 Å². The molecule has 0 saturated carbocycles. The van der Waals surface area contributed by atoms with Crippen molar-refractivity contribution >= 4 is 22.8 Å². The summed E-state index contributed by atoms with van der Waals surface area (Å²) >= 11 is 0. The Balaban J connectivity index is 1.38. The van der Waals surface area contributed by atoms with E-state index in [4.69, 9.17) is 4.42 Å². The molecule has 4 rings (SSSR count). The molecule has 2 aromatic carbocycles. The molecule has 1 amide bonds. The standard InChI is InChI=1S/C24H25NO4/c1-16(22-15-19-7-3-5-9-21(19)29-22)23(26)25-12-10-17(11-13-25)14-18-6-2-4-8-20(18)24(27)28/h2-9,15-17H,10-14H2,1H3,(H,27,28). The van der Waals surface area contributed by atoms with Gasteiger partial charge in [-0.1, -0.05) is 36.4 Å². The van der Waals surface area contributed by atoms with Crippen LogP contribution < -0.4 is 0 Å². The van der Waals surface area contributed by atoms with Gasteiger partial charge < -0.3 is 14.4 Å². The predicted molar refractivity (Wildman–Crippen MR) is 111 cm³/mol. The van der Waals surface area contributed by atoms with Gasteiger partial charge >= 0.3 is 5.97 Å². The lowest BCUT2D eigenvalue weighted by molar-refractivity contribution is -0.134. The van der Waals surface area contributed by atoms with Gasteiger partial charge in [0.25, 0.3) is 0 Å². The van der Waals surface area contributed by atoms with Crippen LogP contribution in [-0.2, 0) is 11.2 Å². The highest BCUT2D eigenvalue weighted by atomic mass is 16.4. The average molecular weight is 391 g/mol. The fourth-order valence-electron chi connectivity index (χ4n) is 4.19. The molecule has 1 aromatic heterocycles. The third-order valence-electron chi connectivity index (χ3n) is 5.92. The number of furan rings is 1. The molecule has 1 saturated heterocycles. The first-order chi connectivity index (χ1) is 14.0. The van der Waals surface area contributed by atoms with E-state index in [1.54, 1.807) is 12.1 Å². The Bertz CT molecular complexity index is 997. The van der Waals surface area contributed by atoms with E-state index in [2.05, 4.69) is 0 Å². The zero-order valence-electron chi connectivity index (χ0n) is 16.5. The largest absolute Gasteiger partial charge is 0.478 e. The van der Waals surface area contributed by atoms with Crippen LogP contribution in [0.1, 0.15) is 47.4 Å². The lowest BCUT2D eigenvalue weighted by Gasteiger charge is -2.33. The van der Waals surface area contributed by atoms with Crippen molar-refractivity contribution in [3.63, 3.8) is 0 Å². The molecule has 0 radical (unpaired) electrons. The van der Waals surface area contributed by atoms with Gasteiger partial charge in [-0.25, -0.2) is 4.79 Å². The molecular weight excluding hydrogens is 366 g/mol. The Kier molecular flexibility index (Phi) is 5.38. The van der Waals surface area contributed by atoms with Crippen molar-refractivity contribution in [2.75, 3.05) is 13.1 Å². The zero-order valence-corrected chi connectivity index (χ0v) is 16.5. The highest BCUT2D eigenvalue weighted by Gasteiger charge is 2.29. The van der Waals surface area contributed by atoms with Crippen LogP contribution in [0.2, 0.25) is 0 Å². The summed E-state index contributed by atoms with van der Waals surface area (Å²) in [6.07, 6.45) is 2.50. The van der Waals surface area contributed by atoms with Crippen molar-refractivity contribution in [3.05, 3.63) is 71.5 Å². The van der Waals surface area contributed by atoms with Crippen LogP contribution >= 0.6 is 0 Å². The number of para-hydroxylation sites is 1. The monoisotopic (exact) mass is 391 g/mol. The number of carbonyl (C=O) groups excluding carboxylic acids is 1. The molecule has 1 unspecified atom stereocenters. The fraction of sp³-hybridized carbons (Fsp3) is 0.333. The number of benzene rings is 2. The number of carbonyl (C=O) groups is 2. The Morgan fingerprint density at radius 1 is 1.10 bits per heavy atom. The SMILES string of the molecule is CC(C(=O)N1CCC(Cc2ccccc2C(=O)O)CC1)c1cc2ccccc2o1. The number of hydrogen-bond acceptors (Lipinski definition) is 3. The molecule has 0 spiro atoms. The second kappa shape index (κ2) is 8.11. The molecule has 3 aromatic rings. The maximum Gasteiger partial charge on any atom is 0.335 e. The van der Waals surface area contributed by atoms with Crippen LogP contribution in [0.25, 0.3) is 11.0 Å². The number of aromatic carboxylic acids is 1. The van der Waals surface area contributed by atoms with E-state index < -0.39 is 5.97 Å². The molecule has 0 aliphatic carbocycles. The zero-order chi connectivity index (χ0) is 20.4. The van der Waals surface area contributed by atoms with E-state index in [0.717, 1.165) is 35.8 Å². The van der Waals surface area contributed by atoms with Crippen LogP contribution in [0, 0.1) is 5.92 Å². The van der Waals surface area contributed by atoms with Gasteiger partial charge in [-0.2, -0.15) is 0 Å². The normalized spacial score (nSPS) is 16.1. The molecule has 1 atom stereocenters. The lowest BCUT2D eigenvalue weighted by Crippen LogP contribution is -2.41. The Morgan fingerprint density at radius 2 is 1.79 bits per heavy atom. The minimum Gasteiger partial charge on any atom is -0.478 e. The van der Waals surface area contributed by atoms with Crippen LogP contribution in [-0.4, -0.2) is 35.0 Å². The second-order valence-corrected chi connectivity index (χ2v) is 7.84. The van der Waals surface area contributed by atoms with E-state index in [0.29, 0.717) is 30.3 Å². The molecule has 5 nitrogen and oxygen atoms in total. The van der Waals surface area contributed by atoms with Gasteiger partial charge in [-0.15, -0.1) is 0 Å². The number of carboxylic acids is 1. The summed E-state index contributed by atoms with van der Waals surface area (Å²) in [6.45, 7) is 3.29. The molecule has 1 fully saturated rings. The second-order valence-electron chi connectivity index (χ2n) is 7.84. The van der Waals surface area contributed by atoms with E-state index >= 15 is 0 Å². The molecule has 29 heavy (non-hydrogen) atoms. The summed E-state index contributed by atoms with van der Waals surface area (Å²) in [5.41, 5.74) is 2.06. The van der Waals surface area contributed by atoms with Crippen molar-refractivity contribution < 1.29 is 19.1 Å². The lowest BCUT2D eigenvalue weighted by atomic mass is 9.88. The number of carboxylic acid groups (broad SMARTS) is 1. The number of nitrogens with zero attached hydrogens (tertiary/aromatic N) is 1. The van der Waals surface area contributed by atoms with Crippen molar-refractivity contribution in [1.29, 1.82) is 0 Å². The summed E-state index contributed by atoms with van der Waals surface area (Å²) in [4.78, 5) is 26.3. The molecular formula is C24H25NO4. The summed E-state index contributed by atoms with van der Waals surface area (Å²) in [6, 6.07) is 16.9. The number of fused-ring (bicyclic) bond motifs is 1. The number of amides is 1. The van der Waals surface area contributed by atoms with E-state index in [1.165, 1.54) is 0 Å². The Labute approximate surface area is 169 Å². The first-order valence-electron chi connectivity index (χ1n) is 10.1. The summed E-state index contributed by atoms with van der Waals surface area (Å²) in [7, 11) is 0. The summed E-state index contributed by atoms with van der Waals surface area (Å²) < 4.78 is 5.87. The topological polar surface area (TPSA) is 70.8 Å². The first kappa shape index (κ1) is 19.2. The predicted octanol–water partition coefficient (Wildman–Crippen LogP) is 4.72. The minimum atomic E-state index is -0.882. The highest BCUT2D eigenvalue weighted by Crippen LogP contribution is 2.29. The van der Waals surface area contributed by atoms with Crippen LogP contribution in [0.5, 0.6) is 0 Å². The number of hydrogen-bond donors (Lipinski definition) is 1. The average Bonchev–Trinajstić information content (AvgIpc) is 3.18. The maximum atomic E-state index is 13.0. The van der Waals surface area contributed by atoms with Crippen LogP contribution in [0.15, 0.2) is 59.0 Å². The van der Waals surface area contributed by atoms with Gasteiger partial charge in [0.15, 0.2) is 0 Å². The fourth-order valence-corrected chi connectivity index (χ4v) is 4.19. The van der Waals surface area contributed by atoms with Crippen molar-refractivity contribution in [3.8, 4) is 0 Å². The molecule has 1 N–H and O–H groups in total. The van der Waals surface area contributed by atoms with Crippen LogP contribution in [0.3, 0.4) is 0 Å². The van der Waals surface area contributed by atoms with Gasteiger partial charge in [0.1, 0.15) is 11.3 Å². The molecule has 5 heteroatoms. The minimum absolute atomic E-state index is 0.0912. The first-order valence-corrected chi connectivity index (χ1v) is 10.1. The number of rotatable bonds is 5. The third kappa shape index (κ3) is 4.04. The van der Waals surface area contributed by atoms with Crippen molar-refractivity contribution in [1.82, 2.24) is 4.90 Å². The van der Waals surface area contributed by atoms with Crippen LogP contribution in [0.4, 0.5) is 0 Å². The summed E-state index contributed by atoms with van der Waals surface area (Å²) in [5.74, 6) is -0.0113. The van der Waals surface area contributed by atoms with Gasteiger partial charge in [0.2, 0.25) is 5.91 Å². The smallest absolute Gasteiger partial charge is 0.335 e. The number of likely N-dealkylation sites (tertiary alicyclic amines) is 1.